The molecule has 4 heteroatoms. The van der Waals surface area contributed by atoms with E-state index in [4.69, 9.17) is 4.74 Å². The molecule has 1 fully saturated rings. The van der Waals surface area contributed by atoms with Gasteiger partial charge < -0.3 is 15.0 Å². The van der Waals surface area contributed by atoms with Gasteiger partial charge in [-0.2, -0.15) is 0 Å². The van der Waals surface area contributed by atoms with Gasteiger partial charge >= 0.3 is 0 Å². The molecule has 1 N–H and O–H groups in total. The second kappa shape index (κ2) is 6.96. The number of methoxy groups -OCH3 is 1. The van der Waals surface area contributed by atoms with E-state index in [-0.39, 0.29) is 0 Å². The second-order valence-corrected chi connectivity index (χ2v) is 6.54. The average molecular weight is 302 g/mol. The molecule has 3 rings (SSSR count). The Morgan fingerprint density at radius 3 is 3.10 bits per heavy atom. The summed E-state index contributed by atoms with van der Waals surface area (Å²) >= 11 is 1.82. The fraction of sp³-hybridized carbons (Fsp3) is 0.412. The Hall–Kier alpha value is -1.52. The molecule has 0 spiro atoms. The van der Waals surface area contributed by atoms with Crippen molar-refractivity contribution in [2.24, 2.45) is 5.92 Å². The number of nitrogens with zero attached hydrogens (tertiary/aromatic N) is 1. The van der Waals surface area contributed by atoms with Gasteiger partial charge in [-0.05, 0) is 35.9 Å². The first kappa shape index (κ1) is 14.4. The number of anilines is 1. The molecule has 2 aromatic rings. The van der Waals surface area contributed by atoms with Crippen molar-refractivity contribution < 1.29 is 4.74 Å². The Morgan fingerprint density at radius 1 is 1.33 bits per heavy atom. The van der Waals surface area contributed by atoms with Crippen LogP contribution < -0.4 is 15.0 Å². The quantitative estimate of drug-likeness (QED) is 0.885. The summed E-state index contributed by atoms with van der Waals surface area (Å²) < 4.78 is 5.31. The number of hydrogen-bond donors (Lipinski definition) is 1. The molecular weight excluding hydrogens is 280 g/mol. The van der Waals surface area contributed by atoms with E-state index in [9.17, 15) is 0 Å². The first-order valence-electron chi connectivity index (χ1n) is 7.47. The van der Waals surface area contributed by atoms with E-state index >= 15 is 0 Å². The summed E-state index contributed by atoms with van der Waals surface area (Å²) in [6, 6.07) is 12.7. The lowest BCUT2D eigenvalue weighted by Crippen LogP contribution is -2.26. The van der Waals surface area contributed by atoms with Gasteiger partial charge in [-0.25, -0.2) is 0 Å². The molecule has 1 saturated heterocycles. The van der Waals surface area contributed by atoms with Crippen molar-refractivity contribution in [3.63, 3.8) is 0 Å². The molecule has 21 heavy (non-hydrogen) atoms. The Bertz CT molecular complexity index is 556. The highest BCUT2D eigenvalue weighted by molar-refractivity contribution is 7.09. The number of thiophene rings is 1. The largest absolute Gasteiger partial charge is 0.497 e. The molecule has 1 aliphatic rings. The first-order chi connectivity index (χ1) is 10.3. The molecule has 0 amide bonds. The lowest BCUT2D eigenvalue weighted by Gasteiger charge is -2.19. The fourth-order valence-electron chi connectivity index (χ4n) is 2.85. The van der Waals surface area contributed by atoms with E-state index in [1.165, 1.54) is 17.0 Å². The zero-order chi connectivity index (χ0) is 14.5. The molecule has 3 nitrogen and oxygen atoms in total. The maximum absolute atomic E-state index is 5.31. The van der Waals surface area contributed by atoms with Crippen LogP contribution in [0.5, 0.6) is 5.75 Å². The van der Waals surface area contributed by atoms with Gasteiger partial charge in [-0.3, -0.25) is 0 Å². The summed E-state index contributed by atoms with van der Waals surface area (Å²) in [5.74, 6) is 1.67. The third-order valence-corrected chi connectivity index (χ3v) is 4.89. The van der Waals surface area contributed by atoms with Gasteiger partial charge in [0, 0.05) is 42.8 Å². The molecule has 0 aliphatic carbocycles. The molecule has 0 radical (unpaired) electrons. The van der Waals surface area contributed by atoms with Crippen LogP contribution in [0.25, 0.3) is 0 Å². The summed E-state index contributed by atoms with van der Waals surface area (Å²) in [4.78, 5) is 3.87. The van der Waals surface area contributed by atoms with E-state index in [1.807, 2.05) is 17.4 Å². The van der Waals surface area contributed by atoms with E-state index in [2.05, 4.69) is 45.9 Å². The lowest BCUT2D eigenvalue weighted by atomic mass is 10.1. The van der Waals surface area contributed by atoms with Crippen LogP contribution in [0.2, 0.25) is 0 Å². The monoisotopic (exact) mass is 302 g/mol. The predicted molar refractivity (Wildman–Crippen MR) is 89.3 cm³/mol. The van der Waals surface area contributed by atoms with Gasteiger partial charge in [-0.15, -0.1) is 11.3 Å². The van der Waals surface area contributed by atoms with Crippen LogP contribution in [0.15, 0.2) is 41.8 Å². The maximum atomic E-state index is 5.31. The van der Waals surface area contributed by atoms with Crippen LogP contribution in [0.3, 0.4) is 0 Å². The lowest BCUT2D eigenvalue weighted by molar-refractivity contribution is 0.415. The number of rotatable bonds is 6. The Kier molecular flexibility index (Phi) is 4.78. The van der Waals surface area contributed by atoms with Crippen molar-refractivity contribution in [1.29, 1.82) is 0 Å². The summed E-state index contributed by atoms with van der Waals surface area (Å²) in [6.45, 7) is 4.36. The molecule has 0 bridgehead atoms. The standard InChI is InChI=1S/C17H22N2OS/c1-20-16-5-2-4-15(10-16)19-8-7-14(13-19)11-18-12-17-6-3-9-21-17/h2-6,9-10,14,18H,7-8,11-13H2,1H3/t14-/m0/s1. The van der Waals surface area contributed by atoms with Gasteiger partial charge in [-0.1, -0.05) is 12.1 Å². The fourth-order valence-corrected chi connectivity index (χ4v) is 3.53. The second-order valence-electron chi connectivity index (χ2n) is 5.51. The van der Waals surface area contributed by atoms with Crippen LogP contribution in [-0.4, -0.2) is 26.7 Å². The highest BCUT2D eigenvalue weighted by Gasteiger charge is 2.22. The summed E-state index contributed by atoms with van der Waals surface area (Å²) in [5, 5.41) is 5.72. The van der Waals surface area contributed by atoms with Crippen molar-refractivity contribution in [2.75, 3.05) is 31.6 Å². The Balaban J connectivity index is 1.48. The average Bonchev–Trinajstić information content (AvgIpc) is 3.19. The number of nitrogens with one attached hydrogen (secondary N) is 1. The van der Waals surface area contributed by atoms with Crippen molar-refractivity contribution in [2.45, 2.75) is 13.0 Å². The minimum Gasteiger partial charge on any atom is -0.497 e. The van der Waals surface area contributed by atoms with Crippen LogP contribution in [-0.2, 0) is 6.54 Å². The number of hydrogen-bond acceptors (Lipinski definition) is 4. The first-order valence-corrected chi connectivity index (χ1v) is 8.35. The molecule has 1 aromatic heterocycles. The van der Waals surface area contributed by atoms with Crippen LogP contribution in [0.1, 0.15) is 11.3 Å². The molecule has 112 valence electrons. The molecule has 0 saturated carbocycles. The van der Waals surface area contributed by atoms with E-state index in [0.717, 1.165) is 37.8 Å². The van der Waals surface area contributed by atoms with Gasteiger partial charge in [0.05, 0.1) is 7.11 Å². The van der Waals surface area contributed by atoms with Gasteiger partial charge in [0.25, 0.3) is 0 Å². The molecule has 2 heterocycles. The summed E-state index contributed by atoms with van der Waals surface area (Å²) in [7, 11) is 1.72. The molecule has 1 aliphatic heterocycles. The molecule has 1 aromatic carbocycles. The third kappa shape index (κ3) is 3.77. The topological polar surface area (TPSA) is 24.5 Å². The van der Waals surface area contributed by atoms with Crippen LogP contribution >= 0.6 is 11.3 Å². The Labute approximate surface area is 130 Å². The van der Waals surface area contributed by atoms with Gasteiger partial charge in [0.15, 0.2) is 0 Å². The predicted octanol–water partition coefficient (Wildman–Crippen LogP) is 3.37. The van der Waals surface area contributed by atoms with Crippen LogP contribution in [0.4, 0.5) is 5.69 Å². The minimum absolute atomic E-state index is 0.733. The smallest absolute Gasteiger partial charge is 0.120 e. The number of ether oxygens (including phenoxy) is 1. The van der Waals surface area contributed by atoms with E-state index in [0.29, 0.717) is 0 Å². The maximum Gasteiger partial charge on any atom is 0.120 e. The molecular formula is C17H22N2OS. The van der Waals surface area contributed by atoms with Crippen molar-refractivity contribution >= 4 is 17.0 Å². The Morgan fingerprint density at radius 2 is 2.29 bits per heavy atom. The zero-order valence-electron chi connectivity index (χ0n) is 12.4. The van der Waals surface area contributed by atoms with E-state index in [1.54, 1.807) is 7.11 Å². The normalized spacial score (nSPS) is 18.1. The molecule has 1 atom stereocenters. The zero-order valence-corrected chi connectivity index (χ0v) is 13.2. The minimum atomic E-state index is 0.733. The van der Waals surface area contributed by atoms with Gasteiger partial charge in [0.1, 0.15) is 5.75 Å². The van der Waals surface area contributed by atoms with Gasteiger partial charge in [0.2, 0.25) is 0 Å². The van der Waals surface area contributed by atoms with Crippen molar-refractivity contribution in [1.82, 2.24) is 5.32 Å². The van der Waals surface area contributed by atoms with Crippen molar-refractivity contribution in [3.05, 3.63) is 46.7 Å². The van der Waals surface area contributed by atoms with E-state index < -0.39 is 0 Å². The van der Waals surface area contributed by atoms with Crippen molar-refractivity contribution in [3.8, 4) is 5.75 Å². The highest BCUT2D eigenvalue weighted by Crippen LogP contribution is 2.26. The summed E-state index contributed by atoms with van der Waals surface area (Å²) in [6.07, 6.45) is 1.26. The molecule has 0 unspecified atom stereocenters. The number of benzene rings is 1. The highest BCUT2D eigenvalue weighted by atomic mass is 32.1. The SMILES string of the molecule is COc1cccc(N2CC[C@@H](CNCc3cccs3)C2)c1. The van der Waals surface area contributed by atoms with Crippen LogP contribution in [0, 0.1) is 5.92 Å². The summed E-state index contributed by atoms with van der Waals surface area (Å²) in [5.41, 5.74) is 1.27. The third-order valence-electron chi connectivity index (χ3n) is 4.02.